The Bertz CT molecular complexity index is 851. The minimum Gasteiger partial charge on any atom is -0.462 e. The van der Waals surface area contributed by atoms with Crippen LogP contribution in [0.1, 0.15) is 5.01 Å². The summed E-state index contributed by atoms with van der Waals surface area (Å²) < 4.78 is 42.7. The van der Waals surface area contributed by atoms with Crippen LogP contribution in [0.5, 0.6) is 5.75 Å². The van der Waals surface area contributed by atoms with Gasteiger partial charge in [0.25, 0.3) is 10.1 Å². The molecule has 1 aliphatic rings. The molecule has 24 heavy (non-hydrogen) atoms. The molecule has 1 aromatic heterocycles. The highest BCUT2D eigenvalue weighted by molar-refractivity contribution is 7.86. The summed E-state index contributed by atoms with van der Waals surface area (Å²) in [4.78, 5) is 4.28. The van der Waals surface area contributed by atoms with Gasteiger partial charge in [-0.2, -0.15) is 8.42 Å². The van der Waals surface area contributed by atoms with E-state index in [0.29, 0.717) is 0 Å². The molecule has 4 N–H and O–H groups in total. The summed E-state index contributed by atoms with van der Waals surface area (Å²) in [6, 6.07) is 4.84. The number of rotatable bonds is 3. The first-order chi connectivity index (χ1) is 11.2. The van der Waals surface area contributed by atoms with Crippen molar-refractivity contribution in [3.63, 3.8) is 0 Å². The Morgan fingerprint density at radius 1 is 1.21 bits per heavy atom. The Morgan fingerprint density at radius 2 is 1.92 bits per heavy atom. The van der Waals surface area contributed by atoms with Gasteiger partial charge in [0.1, 0.15) is 24.1 Å². The molecule has 11 heteroatoms. The summed E-state index contributed by atoms with van der Waals surface area (Å²) in [7, 11) is -4.82. The van der Waals surface area contributed by atoms with Crippen molar-refractivity contribution in [2.75, 3.05) is 0 Å². The van der Waals surface area contributed by atoms with Gasteiger partial charge in [-0.25, -0.2) is 4.98 Å². The Hall–Kier alpha value is -1.34. The minimum atomic E-state index is -4.82. The first-order valence-corrected chi connectivity index (χ1v) is 9.18. The van der Waals surface area contributed by atoms with E-state index in [1.807, 2.05) is 6.92 Å². The van der Waals surface area contributed by atoms with Crippen LogP contribution < -0.4 is 4.74 Å². The van der Waals surface area contributed by atoms with Gasteiger partial charge < -0.3 is 24.8 Å². The normalized spacial score (nSPS) is 31.3. The van der Waals surface area contributed by atoms with E-state index in [-0.39, 0.29) is 5.75 Å². The van der Waals surface area contributed by atoms with Crippen LogP contribution in [0.2, 0.25) is 0 Å². The Morgan fingerprint density at radius 3 is 2.58 bits per heavy atom. The molecule has 132 valence electrons. The number of aryl methyl sites for hydroxylation is 1. The number of hydrogen-bond acceptors (Lipinski definition) is 9. The van der Waals surface area contributed by atoms with E-state index in [1.165, 1.54) is 17.4 Å². The molecule has 1 aromatic carbocycles. The zero-order valence-corrected chi connectivity index (χ0v) is 13.9. The average Bonchev–Trinajstić information content (AvgIpc) is 2.86. The third kappa shape index (κ3) is 3.24. The fourth-order valence-electron chi connectivity index (χ4n) is 2.39. The molecule has 5 atom stereocenters. The van der Waals surface area contributed by atoms with Crippen LogP contribution >= 0.6 is 11.3 Å². The average molecular weight is 377 g/mol. The predicted octanol–water partition coefficient (Wildman–Crippen LogP) is -0.364. The summed E-state index contributed by atoms with van der Waals surface area (Å²) in [5.74, 6) is 0.243. The van der Waals surface area contributed by atoms with Gasteiger partial charge in [-0.3, -0.25) is 4.55 Å². The molecule has 0 aliphatic carbocycles. The van der Waals surface area contributed by atoms with Gasteiger partial charge in [0.2, 0.25) is 11.7 Å². The van der Waals surface area contributed by atoms with Gasteiger partial charge in [0.15, 0.2) is 0 Å². The number of benzene rings is 1. The maximum atomic E-state index is 11.2. The number of nitrogens with zero attached hydrogens (tertiary/aromatic N) is 1. The summed E-state index contributed by atoms with van der Waals surface area (Å²) in [6.07, 6.45) is -7.19. The van der Waals surface area contributed by atoms with Crippen LogP contribution in [0.25, 0.3) is 10.2 Å². The van der Waals surface area contributed by atoms with Crippen molar-refractivity contribution in [2.24, 2.45) is 0 Å². The standard InChI is InChI=1S/C13H15NO8S2/c1-5-14-7-3-2-6(4-8(7)23-5)21-12-10(16)9(15)11(17)13(22-12)24(18,19)20/h2-4,9-13,15-17H,1H3,(H,18,19,20)/t9-,10-,11+,12-,13?/m1/s1. The SMILES string of the molecule is Cc1nc2ccc(O[C@@H]3OC(S(=O)(=O)O)[C@@H](O)[C@H](O)[C@H]3O)cc2s1. The van der Waals surface area contributed by atoms with Crippen LogP contribution in [0, 0.1) is 6.92 Å². The second-order valence-corrected chi connectivity index (χ2v) is 8.07. The molecule has 1 unspecified atom stereocenters. The molecule has 0 saturated carbocycles. The molecule has 3 rings (SSSR count). The zero-order valence-electron chi connectivity index (χ0n) is 12.3. The van der Waals surface area contributed by atoms with E-state index in [2.05, 4.69) is 4.98 Å². The second kappa shape index (κ2) is 6.19. The summed E-state index contributed by atoms with van der Waals surface area (Å²) in [5, 5.41) is 30.2. The molecular formula is C13H15NO8S2. The lowest BCUT2D eigenvalue weighted by atomic mass is 10.1. The number of aromatic nitrogens is 1. The van der Waals surface area contributed by atoms with Crippen molar-refractivity contribution in [1.82, 2.24) is 4.98 Å². The zero-order chi connectivity index (χ0) is 17.6. The van der Waals surface area contributed by atoms with E-state index in [9.17, 15) is 23.7 Å². The van der Waals surface area contributed by atoms with E-state index in [1.54, 1.807) is 12.1 Å². The lowest BCUT2D eigenvalue weighted by Crippen LogP contribution is -2.61. The van der Waals surface area contributed by atoms with Crippen molar-refractivity contribution in [3.05, 3.63) is 23.2 Å². The quantitative estimate of drug-likeness (QED) is 0.526. The lowest BCUT2D eigenvalue weighted by Gasteiger charge is -2.38. The monoisotopic (exact) mass is 377 g/mol. The van der Waals surface area contributed by atoms with Gasteiger partial charge in [-0.15, -0.1) is 11.3 Å². The highest BCUT2D eigenvalue weighted by Crippen LogP contribution is 2.30. The Balaban J connectivity index is 1.86. The van der Waals surface area contributed by atoms with Gasteiger partial charge >= 0.3 is 0 Å². The van der Waals surface area contributed by atoms with Gasteiger partial charge in [0, 0.05) is 0 Å². The number of ether oxygens (including phenoxy) is 2. The third-order valence-corrected chi connectivity index (χ3v) is 5.45. The van der Waals surface area contributed by atoms with Gasteiger partial charge in [-0.1, -0.05) is 0 Å². The highest BCUT2D eigenvalue weighted by atomic mass is 32.2. The molecule has 2 aromatic rings. The van der Waals surface area contributed by atoms with Crippen LogP contribution in [-0.4, -0.2) is 63.3 Å². The summed E-state index contributed by atoms with van der Waals surface area (Å²) in [6.45, 7) is 1.84. The van der Waals surface area contributed by atoms with Gasteiger partial charge in [0.05, 0.1) is 15.2 Å². The molecular weight excluding hydrogens is 362 g/mol. The largest absolute Gasteiger partial charge is 0.462 e. The first-order valence-electron chi connectivity index (χ1n) is 6.86. The molecule has 1 aliphatic heterocycles. The van der Waals surface area contributed by atoms with E-state index >= 15 is 0 Å². The summed E-state index contributed by atoms with van der Waals surface area (Å²) >= 11 is 1.42. The fraction of sp³-hybridized carbons (Fsp3) is 0.462. The molecule has 0 bridgehead atoms. The third-order valence-electron chi connectivity index (χ3n) is 3.54. The Labute approximate surface area is 140 Å². The number of hydrogen-bond donors (Lipinski definition) is 4. The molecule has 1 saturated heterocycles. The van der Waals surface area contributed by atoms with Crippen molar-refractivity contribution >= 4 is 31.7 Å². The predicted molar refractivity (Wildman–Crippen MR) is 83.2 cm³/mol. The highest BCUT2D eigenvalue weighted by Gasteiger charge is 2.50. The number of fused-ring (bicyclic) bond motifs is 1. The van der Waals surface area contributed by atoms with Crippen LogP contribution in [0.15, 0.2) is 18.2 Å². The number of thiazole rings is 1. The van der Waals surface area contributed by atoms with Crippen molar-refractivity contribution < 1.29 is 37.8 Å². The van der Waals surface area contributed by atoms with Crippen LogP contribution in [-0.2, 0) is 14.9 Å². The Kier molecular flexibility index (Phi) is 4.51. The topological polar surface area (TPSA) is 146 Å². The van der Waals surface area contributed by atoms with Crippen molar-refractivity contribution in [3.8, 4) is 5.75 Å². The molecule has 1 fully saturated rings. The van der Waals surface area contributed by atoms with Crippen LogP contribution in [0.4, 0.5) is 0 Å². The first kappa shape index (κ1) is 17.5. The minimum absolute atomic E-state index is 0.243. The van der Waals surface area contributed by atoms with Crippen molar-refractivity contribution in [2.45, 2.75) is 37.0 Å². The van der Waals surface area contributed by atoms with E-state index < -0.39 is 40.2 Å². The second-order valence-electron chi connectivity index (χ2n) is 5.34. The maximum Gasteiger partial charge on any atom is 0.295 e. The fourth-order valence-corrected chi connectivity index (χ4v) is 4.01. The van der Waals surface area contributed by atoms with Crippen LogP contribution in [0.3, 0.4) is 0 Å². The molecule has 9 nitrogen and oxygen atoms in total. The maximum absolute atomic E-state index is 11.2. The summed E-state index contributed by atoms with van der Waals surface area (Å²) in [5.41, 5.74) is -1.38. The lowest BCUT2D eigenvalue weighted by molar-refractivity contribution is -0.254. The molecule has 0 spiro atoms. The molecule has 0 radical (unpaired) electrons. The smallest absolute Gasteiger partial charge is 0.295 e. The number of aliphatic hydroxyl groups excluding tert-OH is 3. The number of aliphatic hydroxyl groups is 3. The molecule has 2 heterocycles. The van der Waals surface area contributed by atoms with E-state index in [0.717, 1.165) is 15.2 Å². The van der Waals surface area contributed by atoms with Gasteiger partial charge in [-0.05, 0) is 25.1 Å². The van der Waals surface area contributed by atoms with E-state index in [4.69, 9.17) is 14.0 Å². The van der Waals surface area contributed by atoms with Crippen molar-refractivity contribution in [1.29, 1.82) is 0 Å². The molecule has 0 amide bonds.